The Labute approximate surface area is 117 Å². The maximum Gasteiger partial charge on any atom is 0.141 e. The Bertz CT molecular complexity index is 618. The molecule has 20 heavy (non-hydrogen) atoms. The number of ether oxygens (including phenoxy) is 1. The third-order valence-electron chi connectivity index (χ3n) is 3.38. The summed E-state index contributed by atoms with van der Waals surface area (Å²) in [5.41, 5.74) is 7.50. The molecule has 0 saturated carbocycles. The van der Waals surface area contributed by atoms with E-state index in [9.17, 15) is 4.39 Å². The summed E-state index contributed by atoms with van der Waals surface area (Å²) >= 11 is 0. The third kappa shape index (κ3) is 2.44. The van der Waals surface area contributed by atoms with E-state index in [2.05, 4.69) is 9.88 Å². The molecule has 0 fully saturated rings. The number of hydrogen-bond acceptors (Lipinski definition) is 4. The van der Waals surface area contributed by atoms with Crippen molar-refractivity contribution in [1.82, 2.24) is 4.98 Å². The van der Waals surface area contributed by atoms with E-state index in [0.29, 0.717) is 25.3 Å². The number of para-hydroxylation sites is 1. The molecule has 1 aromatic carbocycles. The van der Waals surface area contributed by atoms with Crippen molar-refractivity contribution in [3.8, 4) is 5.75 Å². The first-order valence-corrected chi connectivity index (χ1v) is 6.58. The molecule has 0 radical (unpaired) electrons. The molecular weight excluding hydrogens is 257 g/mol. The molecule has 0 amide bonds. The van der Waals surface area contributed by atoms with Gasteiger partial charge in [0, 0.05) is 24.2 Å². The highest BCUT2D eigenvalue weighted by Crippen LogP contribution is 2.27. The van der Waals surface area contributed by atoms with Crippen LogP contribution >= 0.6 is 0 Å². The number of rotatable bonds is 2. The predicted molar refractivity (Wildman–Crippen MR) is 75.1 cm³/mol. The fourth-order valence-corrected chi connectivity index (χ4v) is 2.42. The molecule has 0 spiro atoms. The van der Waals surface area contributed by atoms with Crippen LogP contribution in [0.25, 0.3) is 0 Å². The highest BCUT2D eigenvalue weighted by Gasteiger charge is 2.18. The number of fused-ring (bicyclic) bond motifs is 1. The molecule has 2 aromatic rings. The number of anilines is 1. The van der Waals surface area contributed by atoms with E-state index in [4.69, 9.17) is 10.5 Å². The standard InChI is InChI=1S/C15H16FN3O/c16-13-7-12(8-17)15(18-9-13)19-5-6-20-14-4-2-1-3-11(14)10-19/h1-4,7,9H,5-6,8,10,17H2. The van der Waals surface area contributed by atoms with E-state index in [-0.39, 0.29) is 12.4 Å². The van der Waals surface area contributed by atoms with Crippen molar-refractivity contribution in [3.05, 3.63) is 53.5 Å². The van der Waals surface area contributed by atoms with Crippen molar-refractivity contribution in [2.24, 2.45) is 5.73 Å². The van der Waals surface area contributed by atoms with Gasteiger partial charge in [0.1, 0.15) is 24.0 Å². The fraction of sp³-hybridized carbons (Fsp3) is 0.267. The molecule has 1 aliphatic rings. The molecular formula is C15H16FN3O. The van der Waals surface area contributed by atoms with Crippen LogP contribution in [0.15, 0.2) is 36.5 Å². The monoisotopic (exact) mass is 273 g/mol. The van der Waals surface area contributed by atoms with Crippen LogP contribution in [0.5, 0.6) is 5.75 Å². The summed E-state index contributed by atoms with van der Waals surface area (Å²) in [6.07, 6.45) is 1.23. The molecule has 0 atom stereocenters. The number of halogens is 1. The Balaban J connectivity index is 1.95. The van der Waals surface area contributed by atoms with Gasteiger partial charge in [-0.15, -0.1) is 0 Å². The maximum absolute atomic E-state index is 13.3. The SMILES string of the molecule is NCc1cc(F)cnc1N1CCOc2ccccc2C1. The quantitative estimate of drug-likeness (QED) is 0.910. The largest absolute Gasteiger partial charge is 0.491 e. The van der Waals surface area contributed by atoms with Gasteiger partial charge in [0.2, 0.25) is 0 Å². The summed E-state index contributed by atoms with van der Waals surface area (Å²) in [6, 6.07) is 9.36. The van der Waals surface area contributed by atoms with E-state index < -0.39 is 0 Å². The van der Waals surface area contributed by atoms with Crippen LogP contribution in [0.4, 0.5) is 10.2 Å². The number of pyridine rings is 1. The van der Waals surface area contributed by atoms with Gasteiger partial charge in [-0.2, -0.15) is 0 Å². The van der Waals surface area contributed by atoms with Crippen LogP contribution in [0.3, 0.4) is 0 Å². The molecule has 3 rings (SSSR count). The number of benzene rings is 1. The zero-order valence-electron chi connectivity index (χ0n) is 11.1. The molecule has 2 heterocycles. The minimum absolute atomic E-state index is 0.263. The lowest BCUT2D eigenvalue weighted by atomic mass is 10.1. The first-order chi connectivity index (χ1) is 9.78. The molecule has 0 aliphatic carbocycles. The smallest absolute Gasteiger partial charge is 0.141 e. The minimum Gasteiger partial charge on any atom is -0.491 e. The first kappa shape index (κ1) is 12.9. The highest BCUT2D eigenvalue weighted by molar-refractivity contribution is 5.49. The van der Waals surface area contributed by atoms with Crippen LogP contribution in [0.2, 0.25) is 0 Å². The zero-order valence-corrected chi connectivity index (χ0v) is 11.1. The number of nitrogens with two attached hydrogens (primary N) is 1. The van der Waals surface area contributed by atoms with Gasteiger partial charge in [-0.25, -0.2) is 9.37 Å². The van der Waals surface area contributed by atoms with Gasteiger partial charge >= 0.3 is 0 Å². The number of hydrogen-bond donors (Lipinski definition) is 1. The minimum atomic E-state index is -0.360. The lowest BCUT2D eigenvalue weighted by molar-refractivity contribution is 0.331. The van der Waals surface area contributed by atoms with Crippen molar-refractivity contribution in [2.75, 3.05) is 18.1 Å². The molecule has 4 nitrogen and oxygen atoms in total. The molecule has 2 N–H and O–H groups in total. The van der Waals surface area contributed by atoms with Gasteiger partial charge in [-0.1, -0.05) is 18.2 Å². The van der Waals surface area contributed by atoms with Crippen molar-refractivity contribution in [2.45, 2.75) is 13.1 Å². The van der Waals surface area contributed by atoms with Crippen LogP contribution in [-0.4, -0.2) is 18.1 Å². The third-order valence-corrected chi connectivity index (χ3v) is 3.38. The summed E-state index contributed by atoms with van der Waals surface area (Å²) in [4.78, 5) is 6.28. The Morgan fingerprint density at radius 1 is 1.35 bits per heavy atom. The summed E-state index contributed by atoms with van der Waals surface area (Å²) < 4.78 is 19.0. The topological polar surface area (TPSA) is 51.4 Å². The molecule has 104 valence electrons. The molecule has 5 heteroatoms. The van der Waals surface area contributed by atoms with E-state index in [1.807, 2.05) is 24.3 Å². The van der Waals surface area contributed by atoms with E-state index >= 15 is 0 Å². The Kier molecular flexibility index (Phi) is 3.52. The van der Waals surface area contributed by atoms with Gasteiger partial charge in [-0.05, 0) is 12.1 Å². The maximum atomic E-state index is 13.3. The summed E-state index contributed by atoms with van der Waals surface area (Å²) in [6.45, 7) is 2.21. The Morgan fingerprint density at radius 2 is 2.20 bits per heavy atom. The average Bonchev–Trinajstić information content (AvgIpc) is 2.69. The van der Waals surface area contributed by atoms with Gasteiger partial charge in [0.05, 0.1) is 12.7 Å². The van der Waals surface area contributed by atoms with Gasteiger partial charge in [0.25, 0.3) is 0 Å². The molecule has 0 saturated heterocycles. The van der Waals surface area contributed by atoms with Gasteiger partial charge < -0.3 is 15.4 Å². The van der Waals surface area contributed by atoms with Crippen LogP contribution < -0.4 is 15.4 Å². The lowest BCUT2D eigenvalue weighted by Gasteiger charge is -2.23. The summed E-state index contributed by atoms with van der Waals surface area (Å²) in [5.74, 6) is 1.27. The molecule has 1 aromatic heterocycles. The second-order valence-electron chi connectivity index (χ2n) is 4.72. The van der Waals surface area contributed by atoms with Crippen LogP contribution in [0, 0.1) is 5.82 Å². The van der Waals surface area contributed by atoms with Gasteiger partial charge in [0.15, 0.2) is 0 Å². The van der Waals surface area contributed by atoms with Crippen LogP contribution in [0.1, 0.15) is 11.1 Å². The van der Waals surface area contributed by atoms with E-state index in [0.717, 1.165) is 17.1 Å². The Hall–Kier alpha value is -2.14. The van der Waals surface area contributed by atoms with Crippen molar-refractivity contribution < 1.29 is 9.13 Å². The molecule has 1 aliphatic heterocycles. The fourth-order valence-electron chi connectivity index (χ4n) is 2.42. The van der Waals surface area contributed by atoms with E-state index in [1.165, 1.54) is 12.3 Å². The highest BCUT2D eigenvalue weighted by atomic mass is 19.1. The number of nitrogens with zero attached hydrogens (tertiary/aromatic N) is 2. The Morgan fingerprint density at radius 3 is 3.05 bits per heavy atom. The summed E-state index contributed by atoms with van der Waals surface area (Å²) in [7, 11) is 0. The van der Waals surface area contributed by atoms with Crippen molar-refractivity contribution >= 4 is 5.82 Å². The average molecular weight is 273 g/mol. The first-order valence-electron chi connectivity index (χ1n) is 6.58. The van der Waals surface area contributed by atoms with Crippen molar-refractivity contribution in [1.29, 1.82) is 0 Å². The van der Waals surface area contributed by atoms with E-state index in [1.54, 1.807) is 0 Å². The second-order valence-corrected chi connectivity index (χ2v) is 4.72. The normalized spacial score (nSPS) is 14.4. The summed E-state index contributed by atoms with van der Waals surface area (Å²) in [5, 5.41) is 0. The van der Waals surface area contributed by atoms with Crippen molar-refractivity contribution in [3.63, 3.8) is 0 Å². The zero-order chi connectivity index (χ0) is 13.9. The number of aromatic nitrogens is 1. The molecule has 0 bridgehead atoms. The van der Waals surface area contributed by atoms with Gasteiger partial charge in [-0.3, -0.25) is 0 Å². The lowest BCUT2D eigenvalue weighted by Crippen LogP contribution is -2.27. The van der Waals surface area contributed by atoms with Crippen LogP contribution in [-0.2, 0) is 13.1 Å². The predicted octanol–water partition coefficient (Wildman–Crippen LogP) is 2.08. The second kappa shape index (κ2) is 5.46. The molecule has 0 unspecified atom stereocenters.